The third-order valence-electron chi connectivity index (χ3n) is 3.59. The maximum atomic E-state index is 10.5. The van der Waals surface area contributed by atoms with Crippen molar-refractivity contribution in [2.45, 2.75) is 39.0 Å². The second kappa shape index (κ2) is 7.07. The Morgan fingerprint density at radius 2 is 2.00 bits per heavy atom. The fraction of sp³-hybridized carbons (Fsp3) is 0.438. The molecular weight excluding hydrogens is 288 g/mol. The molecule has 0 fully saturated rings. The third-order valence-corrected chi connectivity index (χ3v) is 4.08. The lowest BCUT2D eigenvalue weighted by Gasteiger charge is -2.22. The van der Waals surface area contributed by atoms with Crippen LogP contribution >= 0.6 is 11.6 Å². The molecule has 0 aliphatic heterocycles. The smallest absolute Gasteiger partial charge is 0.108 e. The van der Waals surface area contributed by atoms with Gasteiger partial charge in [0.05, 0.1) is 22.5 Å². The number of aryl methyl sites for hydroxylation is 2. The number of rotatable bonds is 6. The maximum absolute atomic E-state index is 10.5. The van der Waals surface area contributed by atoms with Gasteiger partial charge in [0.2, 0.25) is 0 Å². The van der Waals surface area contributed by atoms with E-state index in [2.05, 4.69) is 5.10 Å². The van der Waals surface area contributed by atoms with E-state index in [4.69, 9.17) is 16.3 Å². The van der Waals surface area contributed by atoms with Crippen molar-refractivity contribution >= 4 is 11.6 Å². The van der Waals surface area contributed by atoms with Crippen molar-refractivity contribution < 1.29 is 9.84 Å². The minimum Gasteiger partial charge on any atom is -0.390 e. The molecule has 0 bridgehead atoms. The van der Waals surface area contributed by atoms with Gasteiger partial charge in [-0.2, -0.15) is 5.10 Å². The Balaban J connectivity index is 2.22. The first kappa shape index (κ1) is 16.0. The normalized spacial score (nSPS) is 14.1. The summed E-state index contributed by atoms with van der Waals surface area (Å²) in [6.45, 7) is 4.59. The van der Waals surface area contributed by atoms with E-state index in [-0.39, 0.29) is 6.10 Å². The van der Waals surface area contributed by atoms with Gasteiger partial charge in [-0.25, -0.2) is 0 Å². The maximum Gasteiger partial charge on any atom is 0.108 e. The van der Waals surface area contributed by atoms with Gasteiger partial charge in [-0.15, -0.1) is 0 Å². The molecule has 0 aliphatic carbocycles. The highest BCUT2D eigenvalue weighted by molar-refractivity contribution is 6.31. The highest BCUT2D eigenvalue weighted by Crippen LogP contribution is 2.27. The Morgan fingerprint density at radius 3 is 2.57 bits per heavy atom. The van der Waals surface area contributed by atoms with Crippen LogP contribution in [0.3, 0.4) is 0 Å². The molecule has 114 valence electrons. The minimum absolute atomic E-state index is 0.386. The van der Waals surface area contributed by atoms with Crippen LogP contribution in [0.25, 0.3) is 0 Å². The first-order valence-corrected chi connectivity index (χ1v) is 7.43. The molecule has 0 amide bonds. The van der Waals surface area contributed by atoms with Crippen molar-refractivity contribution in [1.82, 2.24) is 9.78 Å². The summed E-state index contributed by atoms with van der Waals surface area (Å²) < 4.78 is 7.30. The lowest BCUT2D eigenvalue weighted by atomic mass is 10.0. The predicted molar refractivity (Wildman–Crippen MR) is 83.6 cm³/mol. The average molecular weight is 309 g/mol. The van der Waals surface area contributed by atoms with Gasteiger partial charge in [-0.05, 0) is 19.4 Å². The lowest BCUT2D eigenvalue weighted by molar-refractivity contribution is -0.0137. The molecule has 4 nitrogen and oxygen atoms in total. The molecule has 1 aromatic carbocycles. The minimum atomic E-state index is -0.684. The zero-order valence-electron chi connectivity index (χ0n) is 12.6. The van der Waals surface area contributed by atoms with Crippen molar-refractivity contribution in [2.24, 2.45) is 0 Å². The van der Waals surface area contributed by atoms with Crippen LogP contribution in [0, 0.1) is 6.92 Å². The van der Waals surface area contributed by atoms with E-state index < -0.39 is 6.10 Å². The molecule has 1 N–H and O–H groups in total. The van der Waals surface area contributed by atoms with Gasteiger partial charge in [0, 0.05) is 20.1 Å². The van der Waals surface area contributed by atoms with Crippen LogP contribution in [0.4, 0.5) is 0 Å². The molecule has 0 saturated heterocycles. The molecule has 5 heteroatoms. The highest BCUT2D eigenvalue weighted by atomic mass is 35.5. The molecule has 2 unspecified atom stereocenters. The first-order valence-electron chi connectivity index (χ1n) is 7.06. The van der Waals surface area contributed by atoms with E-state index in [1.54, 1.807) is 7.11 Å². The number of ether oxygens (including phenoxy) is 1. The molecule has 0 saturated carbocycles. The van der Waals surface area contributed by atoms with Crippen LogP contribution in [0.15, 0.2) is 30.3 Å². The number of halogens is 1. The lowest BCUT2D eigenvalue weighted by Crippen LogP contribution is -2.24. The molecule has 2 rings (SSSR count). The Kier molecular flexibility index (Phi) is 5.39. The van der Waals surface area contributed by atoms with Crippen molar-refractivity contribution in [3.05, 3.63) is 52.3 Å². The number of aliphatic hydroxyl groups is 1. The Bertz CT molecular complexity index is 583. The second-order valence-electron chi connectivity index (χ2n) is 5.00. The number of methoxy groups -OCH3 is 1. The zero-order chi connectivity index (χ0) is 15.4. The van der Waals surface area contributed by atoms with Gasteiger partial charge in [-0.1, -0.05) is 41.9 Å². The zero-order valence-corrected chi connectivity index (χ0v) is 13.3. The molecule has 2 atom stereocenters. The molecule has 2 aromatic rings. The standard InChI is InChI=1S/C16H21ClN2O2/c1-4-19-13(15(17)11(2)18-19)10-14(20)16(21-3)12-8-6-5-7-9-12/h5-9,14,16,20H,4,10H2,1-3H3. The van der Waals surface area contributed by atoms with E-state index in [1.165, 1.54) is 0 Å². The molecule has 21 heavy (non-hydrogen) atoms. The number of nitrogens with zero attached hydrogens (tertiary/aromatic N) is 2. The summed E-state index contributed by atoms with van der Waals surface area (Å²) in [5, 5.41) is 15.5. The Morgan fingerprint density at radius 1 is 1.33 bits per heavy atom. The molecule has 1 aromatic heterocycles. The van der Waals surface area contributed by atoms with E-state index >= 15 is 0 Å². The van der Waals surface area contributed by atoms with Crippen LogP contribution in [0.2, 0.25) is 5.02 Å². The van der Waals surface area contributed by atoms with Crippen LogP contribution in [0.1, 0.15) is 30.0 Å². The summed E-state index contributed by atoms with van der Waals surface area (Å²) in [7, 11) is 1.60. The predicted octanol–water partition coefficient (Wildman–Crippen LogP) is 3.16. The van der Waals surface area contributed by atoms with Gasteiger partial charge in [0.25, 0.3) is 0 Å². The fourth-order valence-electron chi connectivity index (χ4n) is 2.53. The van der Waals surface area contributed by atoms with Gasteiger partial charge in [0.15, 0.2) is 0 Å². The molecule has 0 radical (unpaired) electrons. The van der Waals surface area contributed by atoms with Crippen LogP contribution in [-0.2, 0) is 17.7 Å². The molecule has 1 heterocycles. The summed E-state index contributed by atoms with van der Waals surface area (Å²) in [4.78, 5) is 0. The number of benzene rings is 1. The third kappa shape index (κ3) is 3.46. The highest BCUT2D eigenvalue weighted by Gasteiger charge is 2.24. The van der Waals surface area contributed by atoms with E-state index in [9.17, 15) is 5.11 Å². The number of aromatic nitrogens is 2. The van der Waals surface area contributed by atoms with E-state index in [0.29, 0.717) is 11.4 Å². The number of hydrogen-bond donors (Lipinski definition) is 1. The summed E-state index contributed by atoms with van der Waals surface area (Å²) in [6.07, 6.45) is -0.667. The fourth-order valence-corrected chi connectivity index (χ4v) is 2.74. The Labute approximate surface area is 130 Å². The van der Waals surface area contributed by atoms with Crippen molar-refractivity contribution in [3.8, 4) is 0 Å². The van der Waals surface area contributed by atoms with Crippen molar-refractivity contribution in [3.63, 3.8) is 0 Å². The summed E-state index contributed by atoms with van der Waals surface area (Å²) >= 11 is 6.30. The largest absolute Gasteiger partial charge is 0.390 e. The second-order valence-corrected chi connectivity index (χ2v) is 5.38. The SMILES string of the molecule is CCn1nc(C)c(Cl)c1CC(O)C(OC)c1ccccc1. The van der Waals surface area contributed by atoms with Gasteiger partial charge >= 0.3 is 0 Å². The van der Waals surface area contributed by atoms with E-state index in [1.807, 2.05) is 48.9 Å². The molecular formula is C16H21ClN2O2. The van der Waals surface area contributed by atoms with Gasteiger partial charge in [-0.3, -0.25) is 4.68 Å². The quantitative estimate of drug-likeness (QED) is 0.891. The summed E-state index contributed by atoms with van der Waals surface area (Å²) in [5.74, 6) is 0. The summed E-state index contributed by atoms with van der Waals surface area (Å²) in [6, 6.07) is 9.70. The molecule has 0 aliphatic rings. The topological polar surface area (TPSA) is 47.3 Å². The average Bonchev–Trinajstić information content (AvgIpc) is 2.77. The molecule has 0 spiro atoms. The van der Waals surface area contributed by atoms with Crippen molar-refractivity contribution in [2.75, 3.05) is 7.11 Å². The number of aliphatic hydroxyl groups excluding tert-OH is 1. The number of hydrogen-bond acceptors (Lipinski definition) is 3. The monoisotopic (exact) mass is 308 g/mol. The van der Waals surface area contributed by atoms with Crippen LogP contribution in [-0.4, -0.2) is 28.1 Å². The van der Waals surface area contributed by atoms with Crippen LogP contribution < -0.4 is 0 Å². The van der Waals surface area contributed by atoms with Gasteiger partial charge < -0.3 is 9.84 Å². The summed E-state index contributed by atoms with van der Waals surface area (Å²) in [5.41, 5.74) is 2.58. The van der Waals surface area contributed by atoms with Crippen molar-refractivity contribution in [1.29, 1.82) is 0 Å². The van der Waals surface area contributed by atoms with Gasteiger partial charge in [0.1, 0.15) is 6.10 Å². The van der Waals surface area contributed by atoms with Crippen LogP contribution in [0.5, 0.6) is 0 Å². The van der Waals surface area contributed by atoms with E-state index in [0.717, 1.165) is 23.5 Å². The first-order chi connectivity index (χ1) is 10.1. The Hall–Kier alpha value is -1.36.